The van der Waals surface area contributed by atoms with Crippen LogP contribution < -0.4 is 5.32 Å². The molecule has 1 heterocycles. The molecule has 0 amide bonds. The lowest BCUT2D eigenvalue weighted by Gasteiger charge is -2.27. The lowest BCUT2D eigenvalue weighted by atomic mass is 9.97. The summed E-state index contributed by atoms with van der Waals surface area (Å²) in [6, 6.07) is 6.05. The van der Waals surface area contributed by atoms with Crippen molar-refractivity contribution in [3.05, 3.63) is 33.3 Å². The summed E-state index contributed by atoms with van der Waals surface area (Å²) in [6.45, 7) is 4.40. The number of hydrogen-bond acceptors (Lipinski definition) is 2. The molecule has 0 bridgehead atoms. The van der Waals surface area contributed by atoms with E-state index in [0.29, 0.717) is 0 Å². The summed E-state index contributed by atoms with van der Waals surface area (Å²) in [7, 11) is 2.18. The van der Waals surface area contributed by atoms with Crippen molar-refractivity contribution in [3.8, 4) is 0 Å². The molecule has 2 rings (SSSR count). The Morgan fingerprint density at radius 1 is 1.37 bits per heavy atom. The largest absolute Gasteiger partial charge is 0.317 e. The fourth-order valence-corrected chi connectivity index (χ4v) is 3.11. The number of halogens is 3. The van der Waals surface area contributed by atoms with E-state index in [1.54, 1.807) is 0 Å². The maximum atomic E-state index is 6.23. The Morgan fingerprint density at radius 2 is 2.05 bits per heavy atom. The molecular weight excluding hydrogens is 347 g/mol. The Bertz CT molecular complexity index is 395. The zero-order valence-corrected chi connectivity index (χ0v) is 14.3. The maximum Gasteiger partial charge on any atom is 0.0451 e. The summed E-state index contributed by atoms with van der Waals surface area (Å²) >= 11 is 9.72. The molecule has 1 aromatic carbocycles. The molecule has 0 saturated carbocycles. The molecule has 19 heavy (non-hydrogen) atoms. The fraction of sp³-hybridized carbons (Fsp3) is 0.571. The van der Waals surface area contributed by atoms with Crippen LogP contribution in [0.15, 0.2) is 22.7 Å². The summed E-state index contributed by atoms with van der Waals surface area (Å²) in [6.07, 6.45) is 2.58. The second-order valence-electron chi connectivity index (χ2n) is 5.13. The van der Waals surface area contributed by atoms with E-state index in [4.69, 9.17) is 11.6 Å². The van der Waals surface area contributed by atoms with Gasteiger partial charge in [-0.1, -0.05) is 27.5 Å². The Labute approximate surface area is 135 Å². The van der Waals surface area contributed by atoms with Gasteiger partial charge in [-0.3, -0.25) is 0 Å². The highest BCUT2D eigenvalue weighted by molar-refractivity contribution is 9.10. The molecule has 0 spiro atoms. The summed E-state index contributed by atoms with van der Waals surface area (Å²) in [5, 5.41) is 4.27. The van der Waals surface area contributed by atoms with Gasteiger partial charge in [0.2, 0.25) is 0 Å². The first-order chi connectivity index (χ1) is 8.65. The Hall–Kier alpha value is 0.200. The van der Waals surface area contributed by atoms with Crippen LogP contribution in [-0.2, 0) is 6.54 Å². The SMILES string of the molecule is CN(Cc1cc(Br)ccc1Cl)CC1CCNCC1.Cl. The second-order valence-corrected chi connectivity index (χ2v) is 6.45. The highest BCUT2D eigenvalue weighted by atomic mass is 79.9. The van der Waals surface area contributed by atoms with Gasteiger partial charge >= 0.3 is 0 Å². The quantitative estimate of drug-likeness (QED) is 0.866. The molecule has 0 radical (unpaired) electrons. The normalized spacial score (nSPS) is 16.4. The number of nitrogens with zero attached hydrogens (tertiary/aromatic N) is 1. The molecule has 1 aromatic rings. The van der Waals surface area contributed by atoms with Crippen LogP contribution in [0.2, 0.25) is 5.02 Å². The van der Waals surface area contributed by atoms with Crippen molar-refractivity contribution in [1.82, 2.24) is 10.2 Å². The summed E-state index contributed by atoms with van der Waals surface area (Å²) in [5.74, 6) is 0.821. The van der Waals surface area contributed by atoms with E-state index in [-0.39, 0.29) is 12.4 Å². The van der Waals surface area contributed by atoms with Crippen LogP contribution in [0.3, 0.4) is 0 Å². The molecule has 1 aliphatic rings. The van der Waals surface area contributed by atoms with Gasteiger partial charge in [0.1, 0.15) is 0 Å². The summed E-state index contributed by atoms with van der Waals surface area (Å²) < 4.78 is 1.09. The van der Waals surface area contributed by atoms with Crippen molar-refractivity contribution < 1.29 is 0 Å². The summed E-state index contributed by atoms with van der Waals surface area (Å²) in [4.78, 5) is 2.38. The third kappa shape index (κ3) is 5.60. The molecule has 0 aliphatic carbocycles. The molecule has 1 aliphatic heterocycles. The number of hydrogen-bond donors (Lipinski definition) is 1. The number of piperidine rings is 1. The van der Waals surface area contributed by atoms with Gasteiger partial charge < -0.3 is 10.2 Å². The predicted octanol–water partition coefficient (Wildman–Crippen LogP) is 3.96. The van der Waals surface area contributed by atoms with Crippen molar-refractivity contribution in [2.75, 3.05) is 26.7 Å². The van der Waals surface area contributed by atoms with Crippen LogP contribution in [0.25, 0.3) is 0 Å². The van der Waals surface area contributed by atoms with E-state index >= 15 is 0 Å². The van der Waals surface area contributed by atoms with Crippen molar-refractivity contribution in [2.24, 2.45) is 5.92 Å². The van der Waals surface area contributed by atoms with Crippen LogP contribution in [0.5, 0.6) is 0 Å². The van der Waals surface area contributed by atoms with Gasteiger partial charge in [-0.05, 0) is 62.7 Å². The molecule has 1 fully saturated rings. The summed E-state index contributed by atoms with van der Waals surface area (Å²) in [5.41, 5.74) is 1.20. The second kappa shape index (κ2) is 8.48. The zero-order chi connectivity index (χ0) is 13.0. The zero-order valence-electron chi connectivity index (χ0n) is 11.2. The van der Waals surface area contributed by atoms with E-state index in [2.05, 4.69) is 39.3 Å². The average molecular weight is 368 g/mol. The van der Waals surface area contributed by atoms with Gasteiger partial charge in [0, 0.05) is 22.6 Å². The molecule has 108 valence electrons. The Morgan fingerprint density at radius 3 is 2.74 bits per heavy atom. The monoisotopic (exact) mass is 366 g/mol. The smallest absolute Gasteiger partial charge is 0.0451 e. The van der Waals surface area contributed by atoms with Gasteiger partial charge in [-0.2, -0.15) is 0 Å². The van der Waals surface area contributed by atoms with Gasteiger partial charge in [0.15, 0.2) is 0 Å². The number of rotatable bonds is 4. The third-order valence-electron chi connectivity index (χ3n) is 3.48. The Kier molecular flexibility index (Phi) is 7.70. The van der Waals surface area contributed by atoms with E-state index in [1.807, 2.05) is 12.1 Å². The van der Waals surface area contributed by atoms with Crippen molar-refractivity contribution in [1.29, 1.82) is 0 Å². The highest BCUT2D eigenvalue weighted by Crippen LogP contribution is 2.23. The van der Waals surface area contributed by atoms with E-state index in [1.165, 1.54) is 18.4 Å². The van der Waals surface area contributed by atoms with Crippen LogP contribution in [0.1, 0.15) is 18.4 Å². The molecule has 2 nitrogen and oxygen atoms in total. The molecule has 0 atom stereocenters. The minimum atomic E-state index is 0. The minimum absolute atomic E-state index is 0. The topological polar surface area (TPSA) is 15.3 Å². The maximum absolute atomic E-state index is 6.23. The first-order valence-corrected chi connectivity index (χ1v) is 7.65. The van der Waals surface area contributed by atoms with Crippen LogP contribution in [0, 0.1) is 5.92 Å². The van der Waals surface area contributed by atoms with Crippen LogP contribution in [-0.4, -0.2) is 31.6 Å². The van der Waals surface area contributed by atoms with Crippen molar-refractivity contribution in [2.45, 2.75) is 19.4 Å². The molecule has 5 heteroatoms. The lowest BCUT2D eigenvalue weighted by molar-refractivity contribution is 0.234. The average Bonchev–Trinajstić information content (AvgIpc) is 2.35. The first-order valence-electron chi connectivity index (χ1n) is 6.48. The van der Waals surface area contributed by atoms with Gasteiger partial charge in [-0.25, -0.2) is 0 Å². The highest BCUT2D eigenvalue weighted by Gasteiger charge is 2.15. The van der Waals surface area contributed by atoms with Gasteiger partial charge in [0.05, 0.1) is 0 Å². The van der Waals surface area contributed by atoms with Gasteiger partial charge in [-0.15, -0.1) is 12.4 Å². The molecular formula is C14H21BrCl2N2. The van der Waals surface area contributed by atoms with Crippen LogP contribution >= 0.6 is 39.9 Å². The molecule has 1 saturated heterocycles. The molecule has 0 aromatic heterocycles. The Balaban J connectivity index is 0.00000180. The fourth-order valence-electron chi connectivity index (χ4n) is 2.52. The van der Waals surface area contributed by atoms with E-state index in [9.17, 15) is 0 Å². The molecule has 0 unspecified atom stereocenters. The van der Waals surface area contributed by atoms with Gasteiger partial charge in [0.25, 0.3) is 0 Å². The van der Waals surface area contributed by atoms with Crippen molar-refractivity contribution >= 4 is 39.9 Å². The first kappa shape index (κ1) is 17.3. The lowest BCUT2D eigenvalue weighted by Crippen LogP contribution is -2.34. The van der Waals surface area contributed by atoms with Crippen molar-refractivity contribution in [3.63, 3.8) is 0 Å². The number of benzene rings is 1. The predicted molar refractivity (Wildman–Crippen MR) is 88.3 cm³/mol. The van der Waals surface area contributed by atoms with E-state index < -0.39 is 0 Å². The molecule has 1 N–H and O–H groups in total. The minimum Gasteiger partial charge on any atom is -0.317 e. The van der Waals surface area contributed by atoms with E-state index in [0.717, 1.165) is 41.6 Å². The number of nitrogens with one attached hydrogen (secondary N) is 1. The van der Waals surface area contributed by atoms with Crippen LogP contribution in [0.4, 0.5) is 0 Å². The third-order valence-corrected chi connectivity index (χ3v) is 4.34. The standard InChI is InChI=1S/C14H20BrClN2.ClH/c1-18(9-11-4-6-17-7-5-11)10-12-8-13(15)2-3-14(12)16;/h2-3,8,11,17H,4-7,9-10H2,1H3;1H.